The third kappa shape index (κ3) is 3.57. The highest BCUT2D eigenvalue weighted by atomic mass is 16.5. The van der Waals surface area contributed by atoms with E-state index in [1.165, 1.54) is 6.07 Å². The fourth-order valence-corrected chi connectivity index (χ4v) is 2.80. The number of furan rings is 1. The van der Waals surface area contributed by atoms with E-state index in [1.807, 2.05) is 42.5 Å². The second-order valence-corrected chi connectivity index (χ2v) is 5.95. The number of hydrogen-bond acceptors (Lipinski definition) is 5. The fraction of sp³-hybridized carbons (Fsp3) is 0.190. The number of hydrogen-bond donors (Lipinski definition) is 0. The van der Waals surface area contributed by atoms with Gasteiger partial charge in [-0.2, -0.15) is 0 Å². The molecule has 0 radical (unpaired) electrons. The molecular formula is C21H18O5. The van der Waals surface area contributed by atoms with Crippen molar-refractivity contribution in [3.63, 3.8) is 0 Å². The molecule has 0 bridgehead atoms. The van der Waals surface area contributed by atoms with E-state index >= 15 is 0 Å². The van der Waals surface area contributed by atoms with E-state index in [2.05, 4.69) is 0 Å². The minimum absolute atomic E-state index is 0.439. The van der Waals surface area contributed by atoms with Crippen LogP contribution < -0.4 is 15.1 Å². The van der Waals surface area contributed by atoms with Crippen LogP contribution in [-0.4, -0.2) is 13.2 Å². The van der Waals surface area contributed by atoms with Crippen LogP contribution in [0.4, 0.5) is 0 Å². The Labute approximate surface area is 149 Å². The second kappa shape index (κ2) is 7.35. The third-order valence-electron chi connectivity index (χ3n) is 4.09. The molecule has 4 aromatic rings. The van der Waals surface area contributed by atoms with Crippen LogP contribution in [0, 0.1) is 0 Å². The minimum Gasteiger partial charge on any atom is -0.494 e. The van der Waals surface area contributed by atoms with Gasteiger partial charge in [-0.15, -0.1) is 0 Å². The van der Waals surface area contributed by atoms with E-state index < -0.39 is 5.63 Å². The van der Waals surface area contributed by atoms with Crippen LogP contribution in [0.1, 0.15) is 12.8 Å². The van der Waals surface area contributed by atoms with E-state index in [0.29, 0.717) is 30.1 Å². The molecule has 0 saturated carbocycles. The van der Waals surface area contributed by atoms with Gasteiger partial charge in [-0.1, -0.05) is 18.2 Å². The van der Waals surface area contributed by atoms with Crippen LogP contribution in [0.2, 0.25) is 0 Å². The molecule has 5 heteroatoms. The smallest absolute Gasteiger partial charge is 0.339 e. The monoisotopic (exact) mass is 350 g/mol. The lowest BCUT2D eigenvalue weighted by Gasteiger charge is -2.09. The van der Waals surface area contributed by atoms with Crippen LogP contribution in [0.3, 0.4) is 0 Å². The van der Waals surface area contributed by atoms with Crippen molar-refractivity contribution in [1.29, 1.82) is 0 Å². The zero-order valence-corrected chi connectivity index (χ0v) is 14.1. The van der Waals surface area contributed by atoms with Gasteiger partial charge in [0.05, 0.1) is 30.9 Å². The van der Waals surface area contributed by atoms with Gasteiger partial charge in [0.1, 0.15) is 22.7 Å². The summed E-state index contributed by atoms with van der Waals surface area (Å²) in [6, 6.07) is 16.6. The van der Waals surface area contributed by atoms with E-state index in [0.717, 1.165) is 29.4 Å². The summed E-state index contributed by atoms with van der Waals surface area (Å²) >= 11 is 0. The van der Waals surface area contributed by atoms with E-state index in [4.69, 9.17) is 18.3 Å². The molecular weight excluding hydrogens is 332 g/mol. The number of para-hydroxylation sites is 1. The highest BCUT2D eigenvalue weighted by molar-refractivity contribution is 5.95. The van der Waals surface area contributed by atoms with Gasteiger partial charge in [0, 0.05) is 11.5 Å². The van der Waals surface area contributed by atoms with Crippen molar-refractivity contribution in [2.24, 2.45) is 0 Å². The van der Waals surface area contributed by atoms with Crippen LogP contribution in [0.5, 0.6) is 11.5 Å². The summed E-state index contributed by atoms with van der Waals surface area (Å²) < 4.78 is 22.1. The highest BCUT2D eigenvalue weighted by Gasteiger charge is 2.10. The van der Waals surface area contributed by atoms with Crippen LogP contribution in [0.25, 0.3) is 21.9 Å². The average Bonchev–Trinajstić information content (AvgIpc) is 3.11. The predicted octanol–water partition coefficient (Wildman–Crippen LogP) is 4.78. The molecule has 132 valence electrons. The molecule has 0 amide bonds. The third-order valence-corrected chi connectivity index (χ3v) is 4.09. The molecule has 0 unspecified atom stereocenters. The lowest BCUT2D eigenvalue weighted by Crippen LogP contribution is -2.05. The van der Waals surface area contributed by atoms with Crippen molar-refractivity contribution in [3.8, 4) is 11.5 Å². The van der Waals surface area contributed by atoms with Gasteiger partial charge in [-0.3, -0.25) is 0 Å². The molecule has 0 aliphatic heterocycles. The molecule has 0 spiro atoms. The molecule has 2 aromatic heterocycles. The summed E-state index contributed by atoms with van der Waals surface area (Å²) in [6.45, 7) is 1.13. The van der Waals surface area contributed by atoms with Gasteiger partial charge in [0.2, 0.25) is 0 Å². The Bertz CT molecular complexity index is 1060. The van der Waals surface area contributed by atoms with Crippen molar-refractivity contribution >= 4 is 21.9 Å². The fourth-order valence-electron chi connectivity index (χ4n) is 2.80. The zero-order valence-electron chi connectivity index (χ0n) is 14.1. The van der Waals surface area contributed by atoms with Crippen LogP contribution >= 0.6 is 0 Å². The number of benzene rings is 2. The van der Waals surface area contributed by atoms with Crippen LogP contribution in [0.15, 0.2) is 74.5 Å². The summed E-state index contributed by atoms with van der Waals surface area (Å²) in [7, 11) is 0. The average molecular weight is 350 g/mol. The molecule has 0 atom stereocenters. The lowest BCUT2D eigenvalue weighted by atomic mass is 10.1. The zero-order chi connectivity index (χ0) is 17.8. The molecule has 2 aromatic carbocycles. The maximum absolute atomic E-state index is 11.8. The Morgan fingerprint density at radius 2 is 1.65 bits per heavy atom. The van der Waals surface area contributed by atoms with Crippen molar-refractivity contribution in [2.75, 3.05) is 13.2 Å². The Morgan fingerprint density at radius 3 is 2.50 bits per heavy atom. The SMILES string of the molecule is O=c1cc(OCCCCOc2ccccc2)c2cc3ccoc3cc2o1. The summed E-state index contributed by atoms with van der Waals surface area (Å²) in [6.07, 6.45) is 3.29. The molecule has 0 saturated heterocycles. The first-order chi connectivity index (χ1) is 12.8. The maximum atomic E-state index is 11.8. The molecule has 0 aliphatic carbocycles. The number of rotatable bonds is 7. The predicted molar refractivity (Wildman–Crippen MR) is 98.9 cm³/mol. The number of unbranched alkanes of at least 4 members (excludes halogenated alkanes) is 1. The Hall–Kier alpha value is -3.21. The molecule has 26 heavy (non-hydrogen) atoms. The van der Waals surface area contributed by atoms with Gasteiger partial charge in [-0.25, -0.2) is 4.79 Å². The lowest BCUT2D eigenvalue weighted by molar-refractivity contribution is 0.267. The quantitative estimate of drug-likeness (QED) is 0.355. The normalized spacial score (nSPS) is 11.1. The van der Waals surface area contributed by atoms with Crippen molar-refractivity contribution in [2.45, 2.75) is 12.8 Å². The van der Waals surface area contributed by atoms with Crippen molar-refractivity contribution in [1.82, 2.24) is 0 Å². The Balaban J connectivity index is 1.38. The molecule has 5 nitrogen and oxygen atoms in total. The first kappa shape index (κ1) is 16.3. The van der Waals surface area contributed by atoms with Gasteiger partial charge >= 0.3 is 5.63 Å². The van der Waals surface area contributed by atoms with Gasteiger partial charge in [0.25, 0.3) is 0 Å². The first-order valence-corrected chi connectivity index (χ1v) is 8.55. The van der Waals surface area contributed by atoms with Gasteiger partial charge in [-0.05, 0) is 37.1 Å². The van der Waals surface area contributed by atoms with E-state index in [-0.39, 0.29) is 0 Å². The Kier molecular flexibility index (Phi) is 4.60. The maximum Gasteiger partial charge on any atom is 0.339 e. The summed E-state index contributed by atoms with van der Waals surface area (Å²) in [5, 5.41) is 1.70. The highest BCUT2D eigenvalue weighted by Crippen LogP contribution is 2.29. The van der Waals surface area contributed by atoms with E-state index in [9.17, 15) is 4.79 Å². The van der Waals surface area contributed by atoms with Crippen molar-refractivity contribution in [3.05, 3.63) is 71.3 Å². The molecule has 0 aliphatic rings. The van der Waals surface area contributed by atoms with Crippen LogP contribution in [-0.2, 0) is 0 Å². The first-order valence-electron chi connectivity index (χ1n) is 8.55. The van der Waals surface area contributed by atoms with E-state index in [1.54, 1.807) is 12.3 Å². The topological polar surface area (TPSA) is 61.8 Å². The number of ether oxygens (including phenoxy) is 2. The van der Waals surface area contributed by atoms with Crippen molar-refractivity contribution < 1.29 is 18.3 Å². The molecule has 4 rings (SSSR count). The summed E-state index contributed by atoms with van der Waals surface area (Å²) in [5.41, 5.74) is 0.698. The molecule has 0 fully saturated rings. The largest absolute Gasteiger partial charge is 0.494 e. The second-order valence-electron chi connectivity index (χ2n) is 5.95. The van der Waals surface area contributed by atoms with Gasteiger partial charge < -0.3 is 18.3 Å². The summed E-state index contributed by atoms with van der Waals surface area (Å²) in [5.74, 6) is 1.40. The molecule has 0 N–H and O–H groups in total. The summed E-state index contributed by atoms with van der Waals surface area (Å²) in [4.78, 5) is 11.8. The minimum atomic E-state index is -0.439. The molecule has 2 heterocycles. The Morgan fingerprint density at radius 1 is 0.846 bits per heavy atom. The standard InChI is InChI=1S/C21H18O5/c22-21-14-19(17-12-15-8-11-25-18(15)13-20(17)26-21)24-10-5-4-9-23-16-6-2-1-3-7-16/h1-3,6-8,11-14H,4-5,9-10H2. The van der Waals surface area contributed by atoms with Gasteiger partial charge in [0.15, 0.2) is 0 Å². The number of fused-ring (bicyclic) bond motifs is 2.